The number of rotatable bonds is 7. The van der Waals surface area contributed by atoms with Gasteiger partial charge in [-0.1, -0.05) is 48.6 Å². The lowest BCUT2D eigenvalue weighted by Crippen LogP contribution is -2.52. The molecule has 14 heteroatoms. The van der Waals surface area contributed by atoms with Crippen LogP contribution in [0.2, 0.25) is 5.02 Å². The molecule has 1 fully saturated rings. The Kier molecular flexibility index (Phi) is 9.82. The number of pyridine rings is 2. The Bertz CT molecular complexity index is 2540. The van der Waals surface area contributed by atoms with Crippen LogP contribution in [0.5, 0.6) is 0 Å². The molecule has 56 heavy (non-hydrogen) atoms. The molecule has 1 saturated heterocycles. The van der Waals surface area contributed by atoms with Crippen LogP contribution in [0.4, 0.5) is 0 Å². The van der Waals surface area contributed by atoms with Crippen LogP contribution < -0.4 is 10.6 Å². The SMILES string of the molecule is CCc1nc(-c2cccc3cc(-c4ccc(C(=O)NCCC#Cc5c(Cl)ccc6c5CN(C5CCC(=O)NC5=O)C6=O)nc4)ncc23)c2n1CCN(C(C)=O)C2. The Hall–Kier alpha value is -6.39. The van der Waals surface area contributed by atoms with Crippen molar-refractivity contribution in [1.82, 2.24) is 40.0 Å². The third kappa shape index (κ3) is 6.77. The van der Waals surface area contributed by atoms with Crippen LogP contribution in [0.25, 0.3) is 33.3 Å². The maximum absolute atomic E-state index is 13.2. The summed E-state index contributed by atoms with van der Waals surface area (Å²) in [5.74, 6) is 5.66. The number of carbonyl (C=O) groups excluding carboxylic acids is 5. The van der Waals surface area contributed by atoms with Gasteiger partial charge in [0, 0.05) is 98.0 Å². The number of carbonyl (C=O) groups is 5. The molecule has 3 aliphatic heterocycles. The molecule has 3 aliphatic rings. The van der Waals surface area contributed by atoms with Crippen LogP contribution in [0.15, 0.2) is 60.9 Å². The topological polar surface area (TPSA) is 159 Å². The molecule has 6 heterocycles. The van der Waals surface area contributed by atoms with Gasteiger partial charge in [-0.15, -0.1) is 0 Å². The number of imidazole rings is 1. The number of imide groups is 1. The summed E-state index contributed by atoms with van der Waals surface area (Å²) in [7, 11) is 0. The fraction of sp³-hybridized carbons (Fsp3) is 0.286. The molecule has 0 aliphatic carbocycles. The average molecular weight is 769 g/mol. The van der Waals surface area contributed by atoms with Crippen molar-refractivity contribution in [3.8, 4) is 34.4 Å². The third-order valence-electron chi connectivity index (χ3n) is 10.6. The zero-order valence-corrected chi connectivity index (χ0v) is 31.6. The van der Waals surface area contributed by atoms with Gasteiger partial charge < -0.3 is 19.7 Å². The van der Waals surface area contributed by atoms with Crippen LogP contribution in [0.1, 0.15) is 76.6 Å². The number of hydrogen-bond donors (Lipinski definition) is 2. The van der Waals surface area contributed by atoms with Crippen molar-refractivity contribution in [3.63, 3.8) is 0 Å². The Morgan fingerprint density at radius 3 is 2.64 bits per heavy atom. The Labute approximate surface area is 327 Å². The molecule has 0 radical (unpaired) electrons. The summed E-state index contributed by atoms with van der Waals surface area (Å²) < 4.78 is 2.24. The van der Waals surface area contributed by atoms with E-state index in [-0.39, 0.29) is 55.3 Å². The van der Waals surface area contributed by atoms with Gasteiger partial charge in [-0.25, -0.2) is 4.98 Å². The van der Waals surface area contributed by atoms with Crippen molar-refractivity contribution in [2.24, 2.45) is 0 Å². The molecule has 1 atom stereocenters. The summed E-state index contributed by atoms with van der Waals surface area (Å²) in [6, 6.07) is 14.0. The number of fused-ring (bicyclic) bond motifs is 3. The van der Waals surface area contributed by atoms with Crippen molar-refractivity contribution >= 4 is 51.9 Å². The summed E-state index contributed by atoms with van der Waals surface area (Å²) in [6.45, 7) is 6.01. The van der Waals surface area contributed by atoms with E-state index in [1.807, 2.05) is 41.4 Å². The summed E-state index contributed by atoms with van der Waals surface area (Å²) in [4.78, 5) is 79.9. The minimum Gasteiger partial charge on any atom is -0.350 e. The standard InChI is InChI=1S/C42H37ClN8O5/c1-3-37-47-39(36-23-49(24(2)52)17-18-50(36)37)28-9-6-7-25-19-34(46-21-30(25)28)26-10-13-33(45-20-26)40(54)44-16-5-4-8-27-31-22-51(35-14-15-38(53)48-41(35)55)42(56)29(31)11-12-32(27)43/h6-7,9-13,19-21,35H,3,5,14-18,22-23H2,1-2H3,(H,44,54)(H,48,53,55). The molecular weight excluding hydrogens is 732 g/mol. The largest absolute Gasteiger partial charge is 0.350 e. The maximum atomic E-state index is 13.2. The Balaban J connectivity index is 0.919. The summed E-state index contributed by atoms with van der Waals surface area (Å²) in [5, 5.41) is 7.46. The molecule has 5 amide bonds. The summed E-state index contributed by atoms with van der Waals surface area (Å²) in [5.41, 5.74) is 6.15. The number of piperidine rings is 1. The van der Waals surface area contributed by atoms with Gasteiger partial charge in [-0.3, -0.25) is 39.3 Å². The third-order valence-corrected chi connectivity index (χ3v) is 10.9. The van der Waals surface area contributed by atoms with Crippen LogP contribution >= 0.6 is 11.6 Å². The number of benzene rings is 2. The fourth-order valence-electron chi connectivity index (χ4n) is 7.64. The lowest BCUT2D eigenvalue weighted by atomic mass is 10.0. The van der Waals surface area contributed by atoms with Gasteiger partial charge in [0.25, 0.3) is 11.8 Å². The normalized spacial score (nSPS) is 16.3. The smallest absolute Gasteiger partial charge is 0.269 e. The minimum absolute atomic E-state index is 0.0497. The van der Waals surface area contributed by atoms with E-state index in [0.717, 1.165) is 52.1 Å². The van der Waals surface area contributed by atoms with Gasteiger partial charge in [0.2, 0.25) is 17.7 Å². The van der Waals surface area contributed by atoms with Gasteiger partial charge >= 0.3 is 0 Å². The second-order valence-electron chi connectivity index (χ2n) is 14.0. The summed E-state index contributed by atoms with van der Waals surface area (Å²) in [6.07, 6.45) is 5.00. The van der Waals surface area contributed by atoms with E-state index in [1.54, 1.807) is 31.3 Å². The maximum Gasteiger partial charge on any atom is 0.269 e. The first-order valence-electron chi connectivity index (χ1n) is 18.5. The molecule has 0 bridgehead atoms. The van der Waals surface area contributed by atoms with Crippen LogP contribution in [0, 0.1) is 11.8 Å². The van der Waals surface area contributed by atoms with Gasteiger partial charge in [0.05, 0.1) is 28.6 Å². The number of nitrogens with zero attached hydrogens (tertiary/aromatic N) is 6. The predicted octanol–water partition coefficient (Wildman–Crippen LogP) is 4.67. The molecule has 0 saturated carbocycles. The van der Waals surface area contributed by atoms with Crippen molar-refractivity contribution in [1.29, 1.82) is 0 Å². The van der Waals surface area contributed by atoms with Gasteiger partial charge in [0.15, 0.2) is 0 Å². The van der Waals surface area contributed by atoms with Crippen molar-refractivity contribution in [2.45, 2.75) is 65.2 Å². The van der Waals surface area contributed by atoms with E-state index in [4.69, 9.17) is 21.6 Å². The lowest BCUT2D eigenvalue weighted by Gasteiger charge is -2.29. The highest BCUT2D eigenvalue weighted by atomic mass is 35.5. The Morgan fingerprint density at radius 2 is 1.88 bits per heavy atom. The number of hydrogen-bond acceptors (Lipinski definition) is 8. The molecule has 0 spiro atoms. The zero-order chi connectivity index (χ0) is 39.1. The van der Waals surface area contributed by atoms with Gasteiger partial charge in [-0.2, -0.15) is 0 Å². The molecule has 8 rings (SSSR count). The van der Waals surface area contributed by atoms with Crippen LogP contribution in [-0.4, -0.2) is 78.0 Å². The minimum atomic E-state index is -0.738. The number of halogens is 1. The van der Waals surface area contributed by atoms with Crippen molar-refractivity contribution in [2.75, 3.05) is 13.1 Å². The van der Waals surface area contributed by atoms with E-state index < -0.39 is 11.9 Å². The van der Waals surface area contributed by atoms with Crippen molar-refractivity contribution < 1.29 is 24.0 Å². The van der Waals surface area contributed by atoms with E-state index in [2.05, 4.69) is 38.9 Å². The zero-order valence-electron chi connectivity index (χ0n) is 30.8. The van der Waals surface area contributed by atoms with E-state index in [0.29, 0.717) is 46.9 Å². The molecule has 2 N–H and O–H groups in total. The highest BCUT2D eigenvalue weighted by Crippen LogP contribution is 2.35. The van der Waals surface area contributed by atoms with Gasteiger partial charge in [-0.05, 0) is 42.1 Å². The average Bonchev–Trinajstić information content (AvgIpc) is 3.74. The quantitative estimate of drug-likeness (QED) is 0.137. The molecule has 5 aromatic rings. The summed E-state index contributed by atoms with van der Waals surface area (Å²) >= 11 is 6.49. The highest BCUT2D eigenvalue weighted by molar-refractivity contribution is 6.32. The molecule has 3 aromatic heterocycles. The predicted molar refractivity (Wildman–Crippen MR) is 208 cm³/mol. The van der Waals surface area contributed by atoms with Crippen LogP contribution in [-0.2, 0) is 40.4 Å². The van der Waals surface area contributed by atoms with Crippen LogP contribution in [0.3, 0.4) is 0 Å². The number of aromatic nitrogens is 4. The number of nitrogens with one attached hydrogen (secondary N) is 2. The second kappa shape index (κ2) is 15.0. The van der Waals surface area contributed by atoms with Crippen molar-refractivity contribution in [3.05, 3.63) is 99.8 Å². The monoisotopic (exact) mass is 768 g/mol. The van der Waals surface area contributed by atoms with E-state index >= 15 is 0 Å². The Morgan fingerprint density at radius 1 is 1.02 bits per heavy atom. The van der Waals surface area contributed by atoms with E-state index in [1.165, 1.54) is 4.90 Å². The first kappa shape index (κ1) is 36.6. The number of amides is 5. The molecule has 2 aromatic carbocycles. The molecular formula is C42H37ClN8O5. The lowest BCUT2D eigenvalue weighted by molar-refractivity contribution is -0.137. The number of aryl methyl sites for hydroxylation is 1. The molecule has 1 unspecified atom stereocenters. The first-order valence-corrected chi connectivity index (χ1v) is 18.9. The first-order chi connectivity index (χ1) is 27.1. The fourth-order valence-corrected chi connectivity index (χ4v) is 7.86. The molecule has 13 nitrogen and oxygen atoms in total. The van der Waals surface area contributed by atoms with E-state index in [9.17, 15) is 24.0 Å². The highest BCUT2D eigenvalue weighted by Gasteiger charge is 2.40. The second-order valence-corrected chi connectivity index (χ2v) is 14.4. The van der Waals surface area contributed by atoms with Gasteiger partial charge in [0.1, 0.15) is 17.6 Å². The molecule has 282 valence electrons.